The Kier molecular flexibility index (Phi) is 10.1. The van der Waals surface area contributed by atoms with Crippen LogP contribution in [0, 0.1) is 0 Å². The molecule has 35 heavy (non-hydrogen) atoms. The Bertz CT molecular complexity index is 1040. The van der Waals surface area contributed by atoms with Gasteiger partial charge < -0.3 is 9.47 Å². The largest absolute Gasteiger partial charge is 0.494 e. The third kappa shape index (κ3) is 7.78. The van der Waals surface area contributed by atoms with E-state index >= 15 is 0 Å². The number of unbranched alkanes of at least 4 members (excludes halogenated alkanes) is 5. The van der Waals surface area contributed by atoms with Gasteiger partial charge in [-0.15, -0.1) is 0 Å². The molecule has 188 valence electrons. The van der Waals surface area contributed by atoms with E-state index in [1.165, 1.54) is 12.1 Å². The van der Waals surface area contributed by atoms with Crippen molar-refractivity contribution in [1.82, 2.24) is 0 Å². The molecule has 0 saturated heterocycles. The van der Waals surface area contributed by atoms with Gasteiger partial charge in [0.15, 0.2) is 0 Å². The summed E-state index contributed by atoms with van der Waals surface area (Å²) in [5, 5.41) is 0. The average Bonchev–Trinajstić information content (AvgIpc) is 2.86. The fourth-order valence-corrected chi connectivity index (χ4v) is 4.02. The predicted octanol–water partition coefficient (Wildman–Crippen LogP) is 9.57. The summed E-state index contributed by atoms with van der Waals surface area (Å²) < 4.78 is 53.0. The highest BCUT2D eigenvalue weighted by Crippen LogP contribution is 2.41. The van der Waals surface area contributed by atoms with Gasteiger partial charge in [-0.05, 0) is 59.4 Å². The van der Waals surface area contributed by atoms with Gasteiger partial charge in [-0.25, -0.2) is 0 Å². The van der Waals surface area contributed by atoms with Crippen molar-refractivity contribution in [2.24, 2.45) is 0 Å². The van der Waals surface area contributed by atoms with Crippen molar-refractivity contribution in [3.63, 3.8) is 0 Å². The highest BCUT2D eigenvalue weighted by molar-refractivity contribution is 5.84. The number of benzene rings is 3. The predicted molar refractivity (Wildman–Crippen MR) is 137 cm³/mol. The van der Waals surface area contributed by atoms with Crippen LogP contribution in [-0.2, 0) is 6.18 Å². The summed E-state index contributed by atoms with van der Waals surface area (Å²) in [6, 6.07) is 19.6. The summed E-state index contributed by atoms with van der Waals surface area (Å²) in [5.41, 5.74) is 2.30. The Balaban J connectivity index is 1.84. The minimum Gasteiger partial charge on any atom is -0.494 e. The molecule has 0 aliphatic rings. The standard InChI is InChI=1S/C30H35F3O2/c1-3-5-7-11-21-35-29-19-16-24(22-28(29)30(31,32)33)27-13-9-8-12-26(27)23-14-17-25(18-15-23)34-20-10-6-4-2/h8-9,12-19,22H,3-7,10-11,20-21H2,1-2H3. The lowest BCUT2D eigenvalue weighted by molar-refractivity contribution is -0.138. The van der Waals surface area contributed by atoms with E-state index in [-0.39, 0.29) is 12.4 Å². The molecule has 0 aromatic heterocycles. The van der Waals surface area contributed by atoms with Crippen molar-refractivity contribution in [2.75, 3.05) is 13.2 Å². The first-order chi connectivity index (χ1) is 16.9. The molecule has 0 atom stereocenters. The van der Waals surface area contributed by atoms with Crippen molar-refractivity contribution in [2.45, 2.75) is 65.0 Å². The fourth-order valence-electron chi connectivity index (χ4n) is 4.02. The minimum absolute atomic E-state index is 0.111. The third-order valence-corrected chi connectivity index (χ3v) is 5.96. The second-order valence-electron chi connectivity index (χ2n) is 8.74. The van der Waals surface area contributed by atoms with Gasteiger partial charge in [0.2, 0.25) is 0 Å². The first kappa shape index (κ1) is 26.7. The Morgan fingerprint density at radius 2 is 1.20 bits per heavy atom. The van der Waals surface area contributed by atoms with Crippen molar-refractivity contribution in [3.05, 3.63) is 72.3 Å². The van der Waals surface area contributed by atoms with Crippen LogP contribution >= 0.6 is 0 Å². The highest BCUT2D eigenvalue weighted by Gasteiger charge is 2.35. The lowest BCUT2D eigenvalue weighted by Gasteiger charge is -2.17. The first-order valence-electron chi connectivity index (χ1n) is 12.6. The quantitative estimate of drug-likeness (QED) is 0.225. The van der Waals surface area contributed by atoms with Gasteiger partial charge in [0.05, 0.1) is 18.8 Å². The highest BCUT2D eigenvalue weighted by atomic mass is 19.4. The summed E-state index contributed by atoms with van der Waals surface area (Å²) in [7, 11) is 0. The molecule has 0 heterocycles. The lowest BCUT2D eigenvalue weighted by Crippen LogP contribution is -2.10. The van der Waals surface area contributed by atoms with E-state index in [4.69, 9.17) is 9.47 Å². The van der Waals surface area contributed by atoms with Gasteiger partial charge >= 0.3 is 6.18 Å². The SMILES string of the molecule is CCCCCCOc1ccc(-c2ccccc2-c2ccc(OCCCCC)cc2)cc1C(F)(F)F. The Morgan fingerprint density at radius 1 is 0.629 bits per heavy atom. The summed E-state index contributed by atoms with van der Waals surface area (Å²) in [5.74, 6) is 0.682. The average molecular weight is 485 g/mol. The van der Waals surface area contributed by atoms with E-state index in [1.54, 1.807) is 6.07 Å². The van der Waals surface area contributed by atoms with E-state index in [2.05, 4.69) is 13.8 Å². The van der Waals surface area contributed by atoms with Gasteiger partial charge in [-0.2, -0.15) is 13.2 Å². The molecule has 0 unspecified atom stereocenters. The monoisotopic (exact) mass is 484 g/mol. The van der Waals surface area contributed by atoms with Crippen molar-refractivity contribution < 1.29 is 22.6 Å². The van der Waals surface area contributed by atoms with Crippen LogP contribution in [0.1, 0.15) is 64.4 Å². The summed E-state index contributed by atoms with van der Waals surface area (Å²) in [6.45, 7) is 5.21. The number of rotatable bonds is 13. The Hall–Kier alpha value is -2.95. The lowest BCUT2D eigenvalue weighted by atomic mass is 9.93. The maximum Gasteiger partial charge on any atom is 0.419 e. The molecule has 0 spiro atoms. The van der Waals surface area contributed by atoms with E-state index in [9.17, 15) is 13.2 Å². The summed E-state index contributed by atoms with van der Waals surface area (Å²) in [6.07, 6.45) is 2.60. The Morgan fingerprint density at radius 3 is 1.86 bits per heavy atom. The van der Waals surface area contributed by atoms with Crippen LogP contribution in [0.5, 0.6) is 11.5 Å². The van der Waals surface area contributed by atoms with Crippen molar-refractivity contribution in [3.8, 4) is 33.8 Å². The summed E-state index contributed by atoms with van der Waals surface area (Å²) in [4.78, 5) is 0. The molecule has 3 aromatic rings. The van der Waals surface area contributed by atoms with Gasteiger partial charge in [-0.3, -0.25) is 0 Å². The molecular weight excluding hydrogens is 449 g/mol. The van der Waals surface area contributed by atoms with Crippen LogP contribution in [0.25, 0.3) is 22.3 Å². The van der Waals surface area contributed by atoms with Crippen molar-refractivity contribution in [1.29, 1.82) is 0 Å². The molecule has 5 heteroatoms. The minimum atomic E-state index is -4.50. The number of hydrogen-bond acceptors (Lipinski definition) is 2. The second kappa shape index (κ2) is 13.2. The van der Waals surface area contributed by atoms with E-state index in [0.29, 0.717) is 12.2 Å². The Labute approximate surface area is 207 Å². The van der Waals surface area contributed by atoms with E-state index < -0.39 is 11.7 Å². The van der Waals surface area contributed by atoms with Crippen LogP contribution < -0.4 is 9.47 Å². The van der Waals surface area contributed by atoms with Gasteiger partial charge in [0.25, 0.3) is 0 Å². The maximum absolute atomic E-state index is 13.9. The topological polar surface area (TPSA) is 18.5 Å². The molecule has 3 aromatic carbocycles. The van der Waals surface area contributed by atoms with Crippen LogP contribution in [0.3, 0.4) is 0 Å². The van der Waals surface area contributed by atoms with E-state index in [1.807, 2.05) is 48.5 Å². The molecule has 0 fully saturated rings. The van der Waals surface area contributed by atoms with Gasteiger partial charge in [0, 0.05) is 0 Å². The molecule has 0 N–H and O–H groups in total. The molecule has 0 bridgehead atoms. The smallest absolute Gasteiger partial charge is 0.419 e. The number of alkyl halides is 3. The molecule has 2 nitrogen and oxygen atoms in total. The zero-order chi connectivity index (χ0) is 25.1. The van der Waals surface area contributed by atoms with Crippen molar-refractivity contribution >= 4 is 0 Å². The molecule has 0 aliphatic carbocycles. The molecule has 0 radical (unpaired) electrons. The molecule has 0 saturated carbocycles. The number of hydrogen-bond donors (Lipinski definition) is 0. The molecule has 0 amide bonds. The fraction of sp³-hybridized carbons (Fsp3) is 0.400. The zero-order valence-corrected chi connectivity index (χ0v) is 20.7. The molecule has 0 aliphatic heterocycles. The van der Waals surface area contributed by atoms with Gasteiger partial charge in [-0.1, -0.05) is 88.4 Å². The number of ether oxygens (including phenoxy) is 2. The normalized spacial score (nSPS) is 11.5. The molecular formula is C30H35F3O2. The van der Waals surface area contributed by atoms with Crippen LogP contribution in [0.4, 0.5) is 13.2 Å². The zero-order valence-electron chi connectivity index (χ0n) is 20.7. The van der Waals surface area contributed by atoms with Crippen LogP contribution in [-0.4, -0.2) is 13.2 Å². The first-order valence-corrected chi connectivity index (χ1v) is 12.6. The second-order valence-corrected chi connectivity index (χ2v) is 8.74. The third-order valence-electron chi connectivity index (χ3n) is 5.96. The number of halogens is 3. The van der Waals surface area contributed by atoms with Gasteiger partial charge in [0.1, 0.15) is 11.5 Å². The summed E-state index contributed by atoms with van der Waals surface area (Å²) >= 11 is 0. The maximum atomic E-state index is 13.9. The van der Waals surface area contributed by atoms with Crippen LogP contribution in [0.15, 0.2) is 66.7 Å². The molecule has 3 rings (SSSR count). The van der Waals surface area contributed by atoms with E-state index in [0.717, 1.165) is 67.4 Å². The van der Waals surface area contributed by atoms with Crippen LogP contribution in [0.2, 0.25) is 0 Å².